The van der Waals surface area contributed by atoms with E-state index in [4.69, 9.17) is 10.6 Å². The van der Waals surface area contributed by atoms with Gasteiger partial charge < -0.3 is 4.74 Å². The van der Waals surface area contributed by atoms with Crippen molar-refractivity contribution >= 4 is 16.5 Å². The number of aromatic nitrogens is 1. The van der Waals surface area contributed by atoms with Crippen molar-refractivity contribution in [3.63, 3.8) is 0 Å². The van der Waals surface area contributed by atoms with Gasteiger partial charge in [-0.3, -0.25) is 5.43 Å². The number of thiazole rings is 1. The third-order valence-corrected chi connectivity index (χ3v) is 2.35. The Kier molecular flexibility index (Phi) is 4.30. The van der Waals surface area contributed by atoms with E-state index in [0.29, 0.717) is 5.13 Å². The Bertz CT molecular complexity index is 302. The minimum atomic E-state index is -4.17. The summed E-state index contributed by atoms with van der Waals surface area (Å²) in [4.78, 5) is 4.57. The second kappa shape index (κ2) is 5.29. The largest absolute Gasteiger partial charge is 0.391 e. The number of rotatable bonds is 5. The summed E-state index contributed by atoms with van der Waals surface area (Å²) in [5, 5.41) is 0.504. The number of hydrogen-bond donors (Lipinski definition) is 2. The Balaban J connectivity index is 2.20. The highest BCUT2D eigenvalue weighted by Crippen LogP contribution is 2.21. The number of ether oxygens (including phenoxy) is 1. The molecule has 86 valence electrons. The normalized spacial score (nSPS) is 11.7. The average Bonchev–Trinajstić information content (AvgIpc) is 2.59. The fourth-order valence-electron chi connectivity index (χ4n) is 0.802. The van der Waals surface area contributed by atoms with Crippen molar-refractivity contribution < 1.29 is 17.9 Å². The molecule has 0 aromatic carbocycles. The molecule has 0 atom stereocenters. The maximum atomic E-state index is 11.7. The lowest BCUT2D eigenvalue weighted by Gasteiger charge is -2.05. The van der Waals surface area contributed by atoms with Crippen LogP contribution in [0.1, 0.15) is 11.3 Å². The van der Waals surface area contributed by atoms with Gasteiger partial charge in [0.15, 0.2) is 5.13 Å². The van der Waals surface area contributed by atoms with Crippen molar-refractivity contribution in [1.82, 2.24) is 4.98 Å². The van der Waals surface area contributed by atoms with Crippen LogP contribution in [0.4, 0.5) is 18.3 Å². The number of halogens is 3. The number of nitrogens with one attached hydrogen (secondary N) is 1. The summed E-state index contributed by atoms with van der Waals surface area (Å²) in [7, 11) is 0. The molecule has 0 aliphatic heterocycles. The zero-order valence-corrected chi connectivity index (χ0v) is 8.49. The van der Waals surface area contributed by atoms with E-state index in [0.717, 1.165) is 4.88 Å². The molecular formula is C7H10F3N3OS. The molecule has 0 bridgehead atoms. The van der Waals surface area contributed by atoms with Crippen molar-refractivity contribution in [1.29, 1.82) is 0 Å². The van der Waals surface area contributed by atoms with Gasteiger partial charge in [-0.05, 0) is 0 Å². The summed E-state index contributed by atoms with van der Waals surface area (Å²) in [6, 6.07) is 0. The van der Waals surface area contributed by atoms with E-state index in [9.17, 15) is 13.2 Å². The molecule has 1 aromatic heterocycles. The predicted molar refractivity (Wildman–Crippen MR) is 50.3 cm³/mol. The summed E-state index contributed by atoms with van der Waals surface area (Å²) in [5.41, 5.74) is 2.33. The molecular weight excluding hydrogens is 231 g/mol. The van der Waals surface area contributed by atoms with Gasteiger partial charge in [0.1, 0.15) is 0 Å². The Labute approximate surface area is 88.2 Å². The fraction of sp³-hybridized carbons (Fsp3) is 0.571. The van der Waals surface area contributed by atoms with E-state index in [2.05, 4.69) is 10.4 Å². The van der Waals surface area contributed by atoms with Gasteiger partial charge in [0.25, 0.3) is 0 Å². The first-order valence-corrected chi connectivity index (χ1v) is 4.89. The highest BCUT2D eigenvalue weighted by atomic mass is 32.1. The van der Waals surface area contributed by atoms with E-state index in [1.54, 1.807) is 0 Å². The second-order valence-electron chi connectivity index (χ2n) is 2.69. The van der Waals surface area contributed by atoms with Gasteiger partial charge in [-0.2, -0.15) is 13.2 Å². The van der Waals surface area contributed by atoms with Crippen LogP contribution in [0.3, 0.4) is 0 Å². The first kappa shape index (κ1) is 12.2. The summed E-state index contributed by atoms with van der Waals surface area (Å²) in [6.07, 6.45) is -3.60. The van der Waals surface area contributed by atoms with E-state index < -0.39 is 12.6 Å². The summed E-state index contributed by atoms with van der Waals surface area (Å²) in [5.74, 6) is 5.08. The lowest BCUT2D eigenvalue weighted by Crippen LogP contribution is -2.11. The van der Waals surface area contributed by atoms with Crippen LogP contribution in [0.5, 0.6) is 0 Å². The lowest BCUT2D eigenvalue weighted by molar-refractivity contribution is -0.145. The Morgan fingerprint density at radius 1 is 1.53 bits per heavy atom. The summed E-state index contributed by atoms with van der Waals surface area (Å²) in [6.45, 7) is -0.220. The first-order chi connectivity index (χ1) is 7.01. The second-order valence-corrected chi connectivity index (χ2v) is 3.81. The van der Waals surface area contributed by atoms with Crippen molar-refractivity contribution in [3.8, 4) is 0 Å². The van der Waals surface area contributed by atoms with Crippen LogP contribution in [0, 0.1) is 0 Å². The molecule has 0 aliphatic rings. The molecule has 0 unspecified atom stereocenters. The standard InChI is InChI=1S/C7H10F3N3OS/c8-7(9,10)1-2-14-4-5-3-12-6(13-11)15-5/h3H,1-2,4,11H2,(H,12,13). The van der Waals surface area contributed by atoms with Crippen LogP contribution in [0.15, 0.2) is 6.20 Å². The maximum Gasteiger partial charge on any atom is 0.391 e. The number of hydrogen-bond acceptors (Lipinski definition) is 5. The summed E-state index contributed by atoms with van der Waals surface area (Å²) < 4.78 is 40.0. The van der Waals surface area contributed by atoms with E-state index >= 15 is 0 Å². The van der Waals surface area contributed by atoms with Crippen LogP contribution in [-0.2, 0) is 11.3 Å². The lowest BCUT2D eigenvalue weighted by atomic mass is 10.4. The Morgan fingerprint density at radius 2 is 2.27 bits per heavy atom. The number of nitrogens with zero attached hydrogens (tertiary/aromatic N) is 1. The number of alkyl halides is 3. The number of nitrogens with two attached hydrogens (primary N) is 1. The number of anilines is 1. The molecule has 4 nitrogen and oxygen atoms in total. The molecule has 0 spiro atoms. The molecule has 0 aliphatic carbocycles. The van der Waals surface area contributed by atoms with Gasteiger partial charge in [0.05, 0.1) is 24.5 Å². The molecule has 0 saturated carbocycles. The molecule has 0 radical (unpaired) electrons. The van der Waals surface area contributed by atoms with E-state index in [1.807, 2.05) is 0 Å². The minimum Gasteiger partial charge on any atom is -0.376 e. The molecule has 0 amide bonds. The van der Waals surface area contributed by atoms with Gasteiger partial charge >= 0.3 is 6.18 Å². The SMILES string of the molecule is NNc1ncc(COCCC(F)(F)F)s1. The van der Waals surface area contributed by atoms with Crippen molar-refractivity contribution in [2.75, 3.05) is 12.0 Å². The molecule has 1 rings (SSSR count). The average molecular weight is 241 g/mol. The maximum absolute atomic E-state index is 11.7. The van der Waals surface area contributed by atoms with Crippen LogP contribution in [-0.4, -0.2) is 17.8 Å². The molecule has 8 heteroatoms. The monoisotopic (exact) mass is 241 g/mol. The summed E-state index contributed by atoms with van der Waals surface area (Å²) >= 11 is 1.24. The molecule has 15 heavy (non-hydrogen) atoms. The molecule has 0 fully saturated rings. The van der Waals surface area contributed by atoms with Gasteiger partial charge in [-0.15, -0.1) is 0 Å². The van der Waals surface area contributed by atoms with Gasteiger partial charge in [0.2, 0.25) is 0 Å². The predicted octanol–water partition coefficient (Wildman–Crippen LogP) is 1.90. The minimum absolute atomic E-state index is 0.120. The Hall–Kier alpha value is -0.860. The van der Waals surface area contributed by atoms with E-state index in [-0.39, 0.29) is 13.2 Å². The number of hydrazine groups is 1. The quantitative estimate of drug-likeness (QED) is 0.469. The van der Waals surface area contributed by atoms with Crippen molar-refractivity contribution in [3.05, 3.63) is 11.1 Å². The van der Waals surface area contributed by atoms with E-state index in [1.165, 1.54) is 17.5 Å². The third-order valence-electron chi connectivity index (χ3n) is 1.45. The van der Waals surface area contributed by atoms with Gasteiger partial charge in [0, 0.05) is 6.20 Å². The topological polar surface area (TPSA) is 60.2 Å². The highest BCUT2D eigenvalue weighted by molar-refractivity contribution is 7.15. The first-order valence-electron chi connectivity index (χ1n) is 4.07. The van der Waals surface area contributed by atoms with Crippen LogP contribution in [0.2, 0.25) is 0 Å². The third kappa shape index (κ3) is 4.96. The highest BCUT2D eigenvalue weighted by Gasteiger charge is 2.26. The zero-order chi connectivity index (χ0) is 11.3. The van der Waals surface area contributed by atoms with Crippen molar-refractivity contribution in [2.45, 2.75) is 19.2 Å². The smallest absolute Gasteiger partial charge is 0.376 e. The van der Waals surface area contributed by atoms with Crippen molar-refractivity contribution in [2.24, 2.45) is 5.84 Å². The molecule has 3 N–H and O–H groups in total. The van der Waals surface area contributed by atoms with Gasteiger partial charge in [-0.1, -0.05) is 11.3 Å². The van der Waals surface area contributed by atoms with Gasteiger partial charge in [-0.25, -0.2) is 10.8 Å². The molecule has 1 aromatic rings. The fourth-order valence-corrected chi connectivity index (χ4v) is 1.46. The molecule has 0 saturated heterocycles. The Morgan fingerprint density at radius 3 is 2.80 bits per heavy atom. The van der Waals surface area contributed by atoms with Crippen LogP contribution in [0.25, 0.3) is 0 Å². The van der Waals surface area contributed by atoms with Crippen LogP contribution >= 0.6 is 11.3 Å². The van der Waals surface area contributed by atoms with Crippen LogP contribution < -0.4 is 11.3 Å². The number of nitrogen functional groups attached to an aromatic ring is 1. The molecule has 1 heterocycles. The zero-order valence-electron chi connectivity index (χ0n) is 7.67.